The highest BCUT2D eigenvalue weighted by Gasteiger charge is 2.12. The molecule has 0 aliphatic rings. The van der Waals surface area contributed by atoms with E-state index in [1.54, 1.807) is 0 Å². The second-order valence-electron chi connectivity index (χ2n) is 7.07. The Balaban J connectivity index is 0. The van der Waals surface area contributed by atoms with Crippen LogP contribution < -0.4 is 5.73 Å². The van der Waals surface area contributed by atoms with Gasteiger partial charge in [0.1, 0.15) is 0 Å². The lowest BCUT2D eigenvalue weighted by Gasteiger charge is -2.07. The molecular weight excluding hydrogens is 334 g/mol. The largest absolute Gasteiger partial charge is 0.481 e. The standard InChI is InChI=1S/C18H36O2.C2H7NO3/c1-2-3-4-5-6-7-8-9-10-11-12-13-14-15-16-17-18(19)20;3-1-2(4,5)6/h2-17H2,1H3,(H,19,20);4-6H,1,3H2. The average Bonchev–Trinajstić information content (AvgIpc) is 2.58. The molecule has 0 aromatic rings. The molecule has 26 heavy (non-hydrogen) atoms. The summed E-state index contributed by atoms with van der Waals surface area (Å²) in [6, 6.07) is 0. The SMILES string of the molecule is CCCCCCCCCCCCCCCCCC(=O)O.NCC(O)(O)O. The van der Waals surface area contributed by atoms with Crippen LogP contribution in [-0.4, -0.2) is 38.9 Å². The molecule has 6 heteroatoms. The van der Waals surface area contributed by atoms with Gasteiger partial charge in [-0.3, -0.25) is 4.79 Å². The molecule has 0 saturated carbocycles. The number of carboxylic acid groups (broad SMARTS) is 1. The Morgan fingerprint density at radius 3 is 1.19 bits per heavy atom. The van der Waals surface area contributed by atoms with E-state index in [1.165, 1.54) is 83.5 Å². The van der Waals surface area contributed by atoms with Crippen molar-refractivity contribution in [1.82, 2.24) is 0 Å². The molecule has 0 fully saturated rings. The minimum absolute atomic E-state index is 0.345. The maximum Gasteiger partial charge on any atom is 0.303 e. The molecule has 0 aromatic carbocycles. The van der Waals surface area contributed by atoms with Gasteiger partial charge < -0.3 is 26.2 Å². The third-order valence-corrected chi connectivity index (χ3v) is 4.27. The summed E-state index contributed by atoms with van der Waals surface area (Å²) in [6.07, 6.45) is 20.2. The van der Waals surface area contributed by atoms with E-state index in [2.05, 4.69) is 12.7 Å². The van der Waals surface area contributed by atoms with Crippen LogP contribution in [0.3, 0.4) is 0 Å². The molecule has 0 heterocycles. The number of carboxylic acids is 1. The van der Waals surface area contributed by atoms with Crippen LogP contribution in [0.25, 0.3) is 0 Å². The Morgan fingerprint density at radius 1 is 0.692 bits per heavy atom. The van der Waals surface area contributed by atoms with Gasteiger partial charge in [-0.05, 0) is 6.42 Å². The summed E-state index contributed by atoms with van der Waals surface area (Å²) in [5.74, 6) is -3.33. The molecule has 0 unspecified atom stereocenters. The minimum atomic E-state index is -2.68. The summed E-state index contributed by atoms with van der Waals surface area (Å²) >= 11 is 0. The Hall–Kier alpha value is -0.690. The number of aliphatic carboxylic acids is 1. The Labute approximate surface area is 159 Å². The van der Waals surface area contributed by atoms with Crippen LogP contribution in [0.4, 0.5) is 0 Å². The first-order valence-electron chi connectivity index (χ1n) is 10.4. The molecule has 0 saturated heterocycles. The van der Waals surface area contributed by atoms with Crippen molar-refractivity contribution in [3.63, 3.8) is 0 Å². The number of nitrogens with two attached hydrogens (primary N) is 1. The summed E-state index contributed by atoms with van der Waals surface area (Å²) in [4.78, 5) is 10.3. The Kier molecular flexibility index (Phi) is 21.8. The zero-order chi connectivity index (χ0) is 20.1. The molecule has 0 amide bonds. The van der Waals surface area contributed by atoms with Gasteiger partial charge in [-0.2, -0.15) is 0 Å². The lowest BCUT2D eigenvalue weighted by molar-refractivity contribution is -0.302. The van der Waals surface area contributed by atoms with Gasteiger partial charge in [0.25, 0.3) is 5.97 Å². The summed E-state index contributed by atoms with van der Waals surface area (Å²) in [6.45, 7) is 1.71. The van der Waals surface area contributed by atoms with Gasteiger partial charge >= 0.3 is 5.97 Å². The molecule has 0 bridgehead atoms. The predicted octanol–water partition coefficient (Wildman–Crippen LogP) is 3.91. The van der Waals surface area contributed by atoms with E-state index in [-0.39, 0.29) is 0 Å². The number of carbonyl (C=O) groups is 1. The number of rotatable bonds is 17. The zero-order valence-corrected chi connectivity index (χ0v) is 16.8. The third-order valence-electron chi connectivity index (χ3n) is 4.27. The molecule has 0 aliphatic carbocycles. The quantitative estimate of drug-likeness (QED) is 0.193. The fourth-order valence-electron chi connectivity index (χ4n) is 2.65. The molecule has 6 N–H and O–H groups in total. The topological polar surface area (TPSA) is 124 Å². The summed E-state index contributed by atoms with van der Waals surface area (Å²) in [5, 5.41) is 32.0. The molecule has 0 atom stereocenters. The lowest BCUT2D eigenvalue weighted by atomic mass is 10.0. The van der Waals surface area contributed by atoms with Gasteiger partial charge in [-0.15, -0.1) is 0 Å². The first kappa shape index (κ1) is 27.5. The fourth-order valence-corrected chi connectivity index (χ4v) is 2.65. The molecule has 0 radical (unpaired) electrons. The Morgan fingerprint density at radius 2 is 0.962 bits per heavy atom. The molecule has 0 rings (SSSR count). The van der Waals surface area contributed by atoms with E-state index in [4.69, 9.17) is 20.4 Å². The van der Waals surface area contributed by atoms with Crippen LogP contribution in [0.2, 0.25) is 0 Å². The highest BCUT2D eigenvalue weighted by Crippen LogP contribution is 2.13. The third kappa shape index (κ3) is 31.1. The molecule has 0 spiro atoms. The number of hydrogen-bond acceptors (Lipinski definition) is 5. The van der Waals surface area contributed by atoms with E-state index < -0.39 is 18.5 Å². The fraction of sp³-hybridized carbons (Fsp3) is 0.950. The second kappa shape index (κ2) is 20.6. The van der Waals surface area contributed by atoms with Gasteiger partial charge in [-0.1, -0.05) is 96.8 Å². The number of aliphatic hydroxyl groups is 3. The molecule has 6 nitrogen and oxygen atoms in total. The number of unbranched alkanes of at least 4 members (excludes halogenated alkanes) is 14. The predicted molar refractivity (Wildman–Crippen MR) is 106 cm³/mol. The van der Waals surface area contributed by atoms with Crippen LogP contribution in [0, 0.1) is 0 Å². The smallest absolute Gasteiger partial charge is 0.303 e. The highest BCUT2D eigenvalue weighted by atomic mass is 16.7. The normalized spacial score (nSPS) is 11.1. The van der Waals surface area contributed by atoms with Crippen molar-refractivity contribution in [2.45, 2.75) is 116 Å². The van der Waals surface area contributed by atoms with Crippen molar-refractivity contribution in [3.8, 4) is 0 Å². The van der Waals surface area contributed by atoms with Gasteiger partial charge in [0, 0.05) is 6.42 Å². The van der Waals surface area contributed by atoms with Crippen LogP contribution in [0.5, 0.6) is 0 Å². The van der Waals surface area contributed by atoms with Crippen molar-refractivity contribution >= 4 is 5.97 Å². The highest BCUT2D eigenvalue weighted by molar-refractivity contribution is 5.66. The molecule has 0 aromatic heterocycles. The molecular formula is C20H43NO5. The van der Waals surface area contributed by atoms with E-state index in [1.807, 2.05) is 0 Å². The second-order valence-corrected chi connectivity index (χ2v) is 7.07. The van der Waals surface area contributed by atoms with Crippen molar-refractivity contribution in [3.05, 3.63) is 0 Å². The van der Waals surface area contributed by atoms with Crippen LogP contribution in [0.1, 0.15) is 110 Å². The molecule has 0 aliphatic heterocycles. The first-order valence-corrected chi connectivity index (χ1v) is 10.4. The van der Waals surface area contributed by atoms with Gasteiger partial charge in [0.2, 0.25) is 0 Å². The van der Waals surface area contributed by atoms with E-state index >= 15 is 0 Å². The van der Waals surface area contributed by atoms with Gasteiger partial charge in [0.15, 0.2) is 0 Å². The zero-order valence-electron chi connectivity index (χ0n) is 16.8. The van der Waals surface area contributed by atoms with Crippen molar-refractivity contribution < 1.29 is 25.2 Å². The van der Waals surface area contributed by atoms with E-state index in [0.29, 0.717) is 6.42 Å². The minimum Gasteiger partial charge on any atom is -0.481 e. The van der Waals surface area contributed by atoms with Crippen molar-refractivity contribution in [1.29, 1.82) is 0 Å². The average molecular weight is 378 g/mol. The van der Waals surface area contributed by atoms with Crippen LogP contribution in [-0.2, 0) is 4.79 Å². The Bertz CT molecular complexity index is 292. The monoisotopic (exact) mass is 377 g/mol. The maximum atomic E-state index is 10.3. The molecule has 158 valence electrons. The van der Waals surface area contributed by atoms with Gasteiger partial charge in [0.05, 0.1) is 6.54 Å². The van der Waals surface area contributed by atoms with Crippen LogP contribution >= 0.6 is 0 Å². The summed E-state index contributed by atoms with van der Waals surface area (Å²) < 4.78 is 0. The number of hydrogen-bond donors (Lipinski definition) is 5. The summed E-state index contributed by atoms with van der Waals surface area (Å²) in [5.41, 5.74) is 4.56. The maximum absolute atomic E-state index is 10.3. The van der Waals surface area contributed by atoms with Crippen LogP contribution in [0.15, 0.2) is 0 Å². The van der Waals surface area contributed by atoms with E-state index in [0.717, 1.165) is 12.8 Å². The lowest BCUT2D eigenvalue weighted by Crippen LogP contribution is -2.36. The van der Waals surface area contributed by atoms with Gasteiger partial charge in [-0.25, -0.2) is 0 Å². The summed E-state index contributed by atoms with van der Waals surface area (Å²) in [7, 11) is 0. The van der Waals surface area contributed by atoms with E-state index in [9.17, 15) is 4.79 Å². The first-order chi connectivity index (χ1) is 12.3. The van der Waals surface area contributed by atoms with Crippen molar-refractivity contribution in [2.24, 2.45) is 5.73 Å². The van der Waals surface area contributed by atoms with Crippen molar-refractivity contribution in [2.75, 3.05) is 6.54 Å².